The van der Waals surface area contributed by atoms with Crippen LogP contribution in [0.25, 0.3) is 0 Å². The molecule has 0 saturated carbocycles. The zero-order chi connectivity index (χ0) is 19.1. The van der Waals surface area contributed by atoms with Crippen molar-refractivity contribution < 1.29 is 4.79 Å². The second-order valence-electron chi connectivity index (χ2n) is 7.72. The Hall–Kier alpha value is -1.35. The molecule has 7 heteroatoms. The van der Waals surface area contributed by atoms with Gasteiger partial charge in [0.2, 0.25) is 5.91 Å². The molecule has 3 N–H and O–H groups in total. The van der Waals surface area contributed by atoms with E-state index in [4.69, 9.17) is 5.73 Å². The van der Waals surface area contributed by atoms with Crippen LogP contribution in [-0.4, -0.2) is 61.4 Å². The van der Waals surface area contributed by atoms with E-state index in [0.717, 1.165) is 51.5 Å². The van der Waals surface area contributed by atoms with Crippen molar-refractivity contribution in [3.8, 4) is 0 Å². The Labute approximate surface area is 186 Å². The minimum atomic E-state index is -0.206. The van der Waals surface area contributed by atoms with Gasteiger partial charge in [0.05, 0.1) is 6.04 Å². The van der Waals surface area contributed by atoms with E-state index >= 15 is 0 Å². The van der Waals surface area contributed by atoms with Crippen LogP contribution in [-0.2, 0) is 4.79 Å². The largest absolute Gasteiger partial charge is 0.370 e. The van der Waals surface area contributed by atoms with E-state index in [1.54, 1.807) is 0 Å². The van der Waals surface area contributed by atoms with Gasteiger partial charge in [-0.05, 0) is 50.3 Å². The summed E-state index contributed by atoms with van der Waals surface area (Å²) in [6.45, 7) is 4.99. The molecular formula is C21H34IN5O. The van der Waals surface area contributed by atoms with Gasteiger partial charge in [-0.3, -0.25) is 14.7 Å². The molecule has 2 aliphatic rings. The highest BCUT2D eigenvalue weighted by Crippen LogP contribution is 2.25. The molecule has 1 amide bonds. The summed E-state index contributed by atoms with van der Waals surface area (Å²) in [6, 6.07) is 11.1. The van der Waals surface area contributed by atoms with Gasteiger partial charge in [0.1, 0.15) is 0 Å². The molecular weight excluding hydrogens is 465 g/mol. The lowest BCUT2D eigenvalue weighted by atomic mass is 9.95. The molecule has 2 saturated heterocycles. The predicted molar refractivity (Wildman–Crippen MR) is 125 cm³/mol. The molecule has 0 aromatic heterocycles. The van der Waals surface area contributed by atoms with Crippen LogP contribution in [0.4, 0.5) is 0 Å². The highest BCUT2D eigenvalue weighted by atomic mass is 127. The number of primary amides is 1. The first kappa shape index (κ1) is 22.9. The SMILES string of the molecule is CN=C(NCC(c1ccccc1)N1CCCC1)N1CCCC(CC(N)=O)C1.I. The number of halogens is 1. The van der Waals surface area contributed by atoms with Crippen molar-refractivity contribution in [1.82, 2.24) is 15.1 Å². The van der Waals surface area contributed by atoms with E-state index in [1.807, 2.05) is 7.05 Å². The van der Waals surface area contributed by atoms with Gasteiger partial charge in [0.25, 0.3) is 0 Å². The molecule has 1 aromatic rings. The van der Waals surface area contributed by atoms with E-state index in [9.17, 15) is 4.79 Å². The molecule has 0 aliphatic carbocycles. The maximum atomic E-state index is 11.3. The molecule has 6 nitrogen and oxygen atoms in total. The fourth-order valence-electron chi connectivity index (χ4n) is 4.42. The first-order valence-corrected chi connectivity index (χ1v) is 10.2. The van der Waals surface area contributed by atoms with Crippen LogP contribution in [0.15, 0.2) is 35.3 Å². The Kier molecular flexibility index (Phi) is 9.50. The summed E-state index contributed by atoms with van der Waals surface area (Å²) in [6.07, 6.45) is 5.16. The Balaban J connectivity index is 0.00000280. The number of hydrogen-bond donors (Lipinski definition) is 2. The lowest BCUT2D eigenvalue weighted by molar-refractivity contribution is -0.119. The molecule has 2 heterocycles. The minimum Gasteiger partial charge on any atom is -0.370 e. The molecule has 0 spiro atoms. The van der Waals surface area contributed by atoms with Crippen LogP contribution in [0, 0.1) is 5.92 Å². The first-order valence-electron chi connectivity index (χ1n) is 10.2. The number of nitrogens with one attached hydrogen (secondary N) is 1. The fourth-order valence-corrected chi connectivity index (χ4v) is 4.42. The third kappa shape index (κ3) is 6.34. The highest BCUT2D eigenvalue weighted by molar-refractivity contribution is 14.0. The van der Waals surface area contributed by atoms with Crippen molar-refractivity contribution >= 4 is 35.8 Å². The van der Waals surface area contributed by atoms with Crippen molar-refractivity contribution in [2.24, 2.45) is 16.6 Å². The van der Waals surface area contributed by atoms with Crippen molar-refractivity contribution in [1.29, 1.82) is 0 Å². The van der Waals surface area contributed by atoms with Crippen LogP contribution in [0.2, 0.25) is 0 Å². The van der Waals surface area contributed by atoms with Crippen molar-refractivity contribution in [3.63, 3.8) is 0 Å². The summed E-state index contributed by atoms with van der Waals surface area (Å²) in [5, 5.41) is 3.61. The van der Waals surface area contributed by atoms with E-state index in [1.165, 1.54) is 18.4 Å². The summed E-state index contributed by atoms with van der Waals surface area (Å²) in [7, 11) is 1.84. The van der Waals surface area contributed by atoms with E-state index in [0.29, 0.717) is 18.4 Å². The van der Waals surface area contributed by atoms with Gasteiger partial charge in [-0.1, -0.05) is 30.3 Å². The number of piperidine rings is 1. The number of rotatable bonds is 6. The van der Waals surface area contributed by atoms with Gasteiger partial charge >= 0.3 is 0 Å². The molecule has 2 atom stereocenters. The molecule has 0 bridgehead atoms. The molecule has 28 heavy (non-hydrogen) atoms. The Morgan fingerprint density at radius 3 is 2.57 bits per heavy atom. The molecule has 3 rings (SSSR count). The zero-order valence-electron chi connectivity index (χ0n) is 16.8. The van der Waals surface area contributed by atoms with Crippen LogP contribution in [0.1, 0.15) is 43.7 Å². The molecule has 2 fully saturated rings. The van der Waals surface area contributed by atoms with Gasteiger partial charge in [0.15, 0.2) is 5.96 Å². The Morgan fingerprint density at radius 1 is 1.21 bits per heavy atom. The topological polar surface area (TPSA) is 74.0 Å². The quantitative estimate of drug-likeness (QED) is 0.359. The number of nitrogens with two attached hydrogens (primary N) is 1. The fraction of sp³-hybridized carbons (Fsp3) is 0.619. The Morgan fingerprint density at radius 2 is 1.93 bits per heavy atom. The monoisotopic (exact) mass is 499 g/mol. The number of nitrogens with zero attached hydrogens (tertiary/aromatic N) is 3. The van der Waals surface area contributed by atoms with E-state index < -0.39 is 0 Å². The number of hydrogen-bond acceptors (Lipinski definition) is 3. The number of aliphatic imine (C=N–C) groups is 1. The van der Waals surface area contributed by atoms with Gasteiger partial charge in [0, 0.05) is 33.1 Å². The van der Waals surface area contributed by atoms with Gasteiger partial charge in [-0.15, -0.1) is 24.0 Å². The molecule has 1 aromatic carbocycles. The normalized spacial score (nSPS) is 21.8. The second kappa shape index (κ2) is 11.6. The summed E-state index contributed by atoms with van der Waals surface area (Å²) in [5.41, 5.74) is 6.76. The lowest BCUT2D eigenvalue weighted by Gasteiger charge is -2.36. The Bertz CT molecular complexity index is 633. The summed E-state index contributed by atoms with van der Waals surface area (Å²) in [5.74, 6) is 1.06. The number of carbonyl (C=O) groups excluding carboxylic acids is 1. The van der Waals surface area contributed by atoms with E-state index in [-0.39, 0.29) is 29.9 Å². The third-order valence-electron chi connectivity index (χ3n) is 5.74. The summed E-state index contributed by atoms with van der Waals surface area (Å²) in [4.78, 5) is 20.7. The first-order chi connectivity index (χ1) is 13.2. The number of carbonyl (C=O) groups is 1. The minimum absolute atomic E-state index is 0. The van der Waals surface area contributed by atoms with Crippen molar-refractivity contribution in [3.05, 3.63) is 35.9 Å². The maximum Gasteiger partial charge on any atom is 0.217 e. The van der Waals surface area contributed by atoms with Crippen LogP contribution in [0.3, 0.4) is 0 Å². The average molecular weight is 499 g/mol. The number of amides is 1. The summed E-state index contributed by atoms with van der Waals surface area (Å²) < 4.78 is 0. The van der Waals surface area contributed by atoms with Crippen molar-refractivity contribution in [2.45, 2.75) is 38.1 Å². The smallest absolute Gasteiger partial charge is 0.217 e. The predicted octanol–water partition coefficient (Wildman–Crippen LogP) is 2.60. The lowest BCUT2D eigenvalue weighted by Crippen LogP contribution is -2.49. The molecule has 2 unspecified atom stereocenters. The summed E-state index contributed by atoms with van der Waals surface area (Å²) >= 11 is 0. The van der Waals surface area contributed by atoms with Crippen LogP contribution in [0.5, 0.6) is 0 Å². The van der Waals surface area contributed by atoms with E-state index in [2.05, 4.69) is 50.4 Å². The number of benzene rings is 1. The standard InChI is InChI=1S/C21H33N5O.HI/c1-23-21(26-13-7-8-17(16-26)14-20(22)27)24-15-19(25-11-5-6-12-25)18-9-3-2-4-10-18;/h2-4,9-10,17,19H,5-8,11-16H2,1H3,(H2,22,27)(H,23,24);1H. The number of likely N-dealkylation sites (tertiary alicyclic amines) is 2. The zero-order valence-corrected chi connectivity index (χ0v) is 19.2. The van der Waals surface area contributed by atoms with Crippen LogP contribution < -0.4 is 11.1 Å². The molecule has 156 valence electrons. The average Bonchev–Trinajstić information content (AvgIpc) is 3.20. The van der Waals surface area contributed by atoms with Gasteiger partial charge in [-0.2, -0.15) is 0 Å². The van der Waals surface area contributed by atoms with Gasteiger partial charge < -0.3 is 16.0 Å². The van der Waals surface area contributed by atoms with Crippen molar-refractivity contribution in [2.75, 3.05) is 39.8 Å². The molecule has 2 aliphatic heterocycles. The highest BCUT2D eigenvalue weighted by Gasteiger charge is 2.26. The molecule has 0 radical (unpaired) electrons. The number of guanidine groups is 1. The third-order valence-corrected chi connectivity index (χ3v) is 5.74. The second-order valence-corrected chi connectivity index (χ2v) is 7.72. The van der Waals surface area contributed by atoms with Gasteiger partial charge in [-0.25, -0.2) is 0 Å². The maximum absolute atomic E-state index is 11.3. The van der Waals surface area contributed by atoms with Crippen LogP contribution >= 0.6 is 24.0 Å².